The summed E-state index contributed by atoms with van der Waals surface area (Å²) in [5, 5.41) is 6.23. The zero-order chi connectivity index (χ0) is 33.3. The molecule has 10 aromatic rings. The summed E-state index contributed by atoms with van der Waals surface area (Å²) in [7, 11) is 0. The van der Waals surface area contributed by atoms with Crippen LogP contribution in [0.1, 0.15) is 0 Å². The van der Waals surface area contributed by atoms with Gasteiger partial charge in [-0.15, -0.1) is 0 Å². The Hall–Kier alpha value is -6.78. The zero-order valence-electron chi connectivity index (χ0n) is 27.3. The molecule has 0 spiro atoms. The maximum absolute atomic E-state index is 4.68. The molecule has 0 unspecified atom stereocenters. The van der Waals surface area contributed by atoms with Crippen molar-refractivity contribution in [1.82, 2.24) is 19.1 Å². The van der Waals surface area contributed by atoms with Crippen molar-refractivity contribution in [2.24, 2.45) is 0 Å². The van der Waals surface area contributed by atoms with Gasteiger partial charge in [-0.25, -0.2) is 9.97 Å². The van der Waals surface area contributed by atoms with Gasteiger partial charge < -0.3 is 9.13 Å². The van der Waals surface area contributed by atoms with Gasteiger partial charge in [-0.05, 0) is 83.1 Å². The highest BCUT2D eigenvalue weighted by Crippen LogP contribution is 2.38. The molecule has 0 bridgehead atoms. The molecule has 3 heterocycles. The molecule has 4 nitrogen and oxygen atoms in total. The minimum Gasteiger partial charge on any atom is -0.317 e. The molecular formula is C46H32N4. The highest BCUT2D eigenvalue weighted by molar-refractivity contribution is 6.18. The van der Waals surface area contributed by atoms with Crippen LogP contribution in [-0.4, -0.2) is 19.1 Å². The summed E-state index contributed by atoms with van der Waals surface area (Å²) in [4.78, 5) is 9.37. The summed E-state index contributed by atoms with van der Waals surface area (Å²) in [6.45, 7) is 0. The van der Waals surface area contributed by atoms with Gasteiger partial charge in [0.15, 0.2) is 5.82 Å². The first-order chi connectivity index (χ1) is 24.8. The van der Waals surface area contributed by atoms with Crippen LogP contribution in [0.25, 0.3) is 77.4 Å². The number of nitrogens with zero attached hydrogens (tertiary/aromatic N) is 4. The minimum atomic E-state index is 0.717. The molecule has 7 aromatic carbocycles. The maximum atomic E-state index is 4.68. The van der Waals surface area contributed by atoms with Gasteiger partial charge in [-0.1, -0.05) is 109 Å². The van der Waals surface area contributed by atoms with Gasteiger partial charge in [0.1, 0.15) is 0 Å². The Bertz CT molecular complexity index is 2680. The van der Waals surface area contributed by atoms with E-state index in [1.165, 1.54) is 43.5 Å². The Labute approximate surface area is 290 Å². The van der Waals surface area contributed by atoms with Crippen LogP contribution in [0.5, 0.6) is 0 Å². The van der Waals surface area contributed by atoms with Crippen LogP contribution in [0.4, 0.5) is 0 Å². The third-order valence-electron chi connectivity index (χ3n) is 9.32. The van der Waals surface area contributed by atoms with Crippen LogP contribution in [0, 0.1) is 0 Å². The highest BCUT2D eigenvalue weighted by Gasteiger charge is 2.15. The molecule has 0 N–H and O–H groups in total. The van der Waals surface area contributed by atoms with Gasteiger partial charge in [-0.3, -0.25) is 0 Å². The average Bonchev–Trinajstić information content (AvgIpc) is 3.78. The van der Waals surface area contributed by atoms with Crippen LogP contribution in [0.3, 0.4) is 0 Å². The van der Waals surface area contributed by atoms with Crippen molar-refractivity contribution in [3.8, 4) is 33.9 Å². The molecule has 0 aliphatic rings. The topological polar surface area (TPSA) is 35.6 Å². The van der Waals surface area contributed by atoms with Crippen molar-refractivity contribution < 1.29 is 0 Å². The molecule has 0 radical (unpaired) electrons. The van der Waals surface area contributed by atoms with E-state index in [0.717, 1.165) is 33.9 Å². The Balaban J connectivity index is 0.000000511. The number of aromatic nitrogens is 4. The fourth-order valence-electron chi connectivity index (χ4n) is 6.91. The Morgan fingerprint density at radius 2 is 0.980 bits per heavy atom. The number of hydrogen-bond acceptors (Lipinski definition) is 2. The number of hydrogen-bond donors (Lipinski definition) is 0. The van der Waals surface area contributed by atoms with E-state index in [4.69, 9.17) is 0 Å². The van der Waals surface area contributed by atoms with E-state index in [2.05, 4.69) is 147 Å². The number of rotatable bonds is 4. The largest absolute Gasteiger partial charge is 0.317 e. The lowest BCUT2D eigenvalue weighted by Crippen LogP contribution is -1.95. The van der Waals surface area contributed by atoms with Crippen LogP contribution < -0.4 is 0 Å². The molecule has 10 rings (SSSR count). The van der Waals surface area contributed by atoms with Crippen molar-refractivity contribution in [3.63, 3.8) is 0 Å². The molecule has 0 fully saturated rings. The van der Waals surface area contributed by atoms with E-state index in [9.17, 15) is 0 Å². The van der Waals surface area contributed by atoms with Gasteiger partial charge >= 0.3 is 0 Å². The molecule has 50 heavy (non-hydrogen) atoms. The second-order valence-electron chi connectivity index (χ2n) is 12.3. The lowest BCUT2D eigenvalue weighted by molar-refractivity contribution is 1.13. The van der Waals surface area contributed by atoms with Crippen LogP contribution in [0.2, 0.25) is 0 Å². The predicted molar refractivity (Wildman–Crippen MR) is 208 cm³/mol. The van der Waals surface area contributed by atoms with E-state index in [-0.39, 0.29) is 0 Å². The third-order valence-corrected chi connectivity index (χ3v) is 9.32. The fraction of sp³-hybridized carbons (Fsp3) is 0. The molecule has 0 atom stereocenters. The molecule has 0 aliphatic heterocycles. The standard InChI is InChI=1S/C40H26N4.C6H6/c1-3-9-27(10-4-1)30-25-41-40(42-26-30)28-15-18-32(19-16-28)44-38-14-8-7-13-33(38)36-23-29-17-20-37-34(35(29)24-39(36)44)21-22-43(37)31-11-5-2-6-12-31;1-2-4-6-5-3-1/h1-26H;1-6H. The molecule has 0 amide bonds. The summed E-state index contributed by atoms with van der Waals surface area (Å²) in [6, 6.07) is 61.4. The number of fused-ring (bicyclic) bond motifs is 6. The first kappa shape index (κ1) is 29.4. The lowest BCUT2D eigenvalue weighted by Gasteiger charge is -2.10. The normalized spacial score (nSPS) is 11.2. The van der Waals surface area contributed by atoms with Gasteiger partial charge in [0.05, 0.1) is 16.6 Å². The van der Waals surface area contributed by atoms with Crippen molar-refractivity contribution in [3.05, 3.63) is 195 Å². The second kappa shape index (κ2) is 12.7. The quantitative estimate of drug-likeness (QED) is 0.192. The van der Waals surface area contributed by atoms with E-state index in [1.54, 1.807) is 0 Å². The van der Waals surface area contributed by atoms with E-state index in [0.29, 0.717) is 0 Å². The summed E-state index contributed by atoms with van der Waals surface area (Å²) in [5.74, 6) is 0.717. The fourth-order valence-corrected chi connectivity index (χ4v) is 6.91. The van der Waals surface area contributed by atoms with Gasteiger partial charge in [0.2, 0.25) is 0 Å². The SMILES string of the molecule is c1ccc(-c2cnc(-c3ccc(-n4c5ccccc5c5cc6ccc7c(ccn7-c7ccccc7)c6cc54)cc3)nc2)cc1.c1ccccc1. The van der Waals surface area contributed by atoms with Crippen LogP contribution >= 0.6 is 0 Å². The molecule has 0 aliphatic carbocycles. The van der Waals surface area contributed by atoms with E-state index < -0.39 is 0 Å². The second-order valence-corrected chi connectivity index (χ2v) is 12.3. The lowest BCUT2D eigenvalue weighted by atomic mass is 10.0. The van der Waals surface area contributed by atoms with Crippen molar-refractivity contribution >= 4 is 43.5 Å². The first-order valence-electron chi connectivity index (χ1n) is 16.8. The average molecular weight is 641 g/mol. The van der Waals surface area contributed by atoms with Crippen molar-refractivity contribution in [2.45, 2.75) is 0 Å². The van der Waals surface area contributed by atoms with E-state index in [1.807, 2.05) is 67.0 Å². The maximum Gasteiger partial charge on any atom is 0.159 e. The number of para-hydroxylation sites is 2. The monoisotopic (exact) mass is 640 g/mol. The van der Waals surface area contributed by atoms with Crippen molar-refractivity contribution in [2.75, 3.05) is 0 Å². The molecular weight excluding hydrogens is 609 g/mol. The molecule has 236 valence electrons. The Morgan fingerprint density at radius 1 is 0.360 bits per heavy atom. The molecule has 3 aromatic heterocycles. The van der Waals surface area contributed by atoms with Gasteiger partial charge in [0.25, 0.3) is 0 Å². The highest BCUT2D eigenvalue weighted by atomic mass is 15.0. The van der Waals surface area contributed by atoms with Crippen LogP contribution in [-0.2, 0) is 0 Å². The smallest absolute Gasteiger partial charge is 0.159 e. The predicted octanol–water partition coefficient (Wildman–Crippen LogP) is 11.7. The first-order valence-corrected chi connectivity index (χ1v) is 16.8. The third kappa shape index (κ3) is 5.29. The Morgan fingerprint density at radius 3 is 1.70 bits per heavy atom. The molecule has 0 saturated heterocycles. The molecule has 4 heteroatoms. The Kier molecular flexibility index (Phi) is 7.45. The van der Waals surface area contributed by atoms with Crippen LogP contribution in [0.15, 0.2) is 195 Å². The summed E-state index contributed by atoms with van der Waals surface area (Å²) in [5.41, 5.74) is 8.96. The number of benzene rings is 7. The minimum absolute atomic E-state index is 0.717. The summed E-state index contributed by atoms with van der Waals surface area (Å²) in [6.07, 6.45) is 5.97. The summed E-state index contributed by atoms with van der Waals surface area (Å²) < 4.78 is 4.64. The van der Waals surface area contributed by atoms with Crippen molar-refractivity contribution in [1.29, 1.82) is 0 Å². The van der Waals surface area contributed by atoms with Gasteiger partial charge in [0, 0.05) is 57.3 Å². The molecule has 0 saturated carbocycles. The summed E-state index contributed by atoms with van der Waals surface area (Å²) >= 11 is 0. The van der Waals surface area contributed by atoms with E-state index >= 15 is 0 Å². The zero-order valence-corrected chi connectivity index (χ0v) is 27.3. The van der Waals surface area contributed by atoms with Gasteiger partial charge in [-0.2, -0.15) is 0 Å².